The van der Waals surface area contributed by atoms with Crippen LogP contribution < -0.4 is 0 Å². The molecule has 0 aliphatic heterocycles. The normalized spacial score (nSPS) is 16.0. The van der Waals surface area contributed by atoms with Gasteiger partial charge in [-0.3, -0.25) is 0 Å². The molecule has 0 heterocycles. The number of rotatable bonds is 3. The molecule has 0 spiro atoms. The van der Waals surface area contributed by atoms with Crippen LogP contribution in [0.1, 0.15) is 19.8 Å². The standard InChI is InChI=1S/C6H13O2.Y/c1-3-6(8)4-5(2)7;/h5-8H,2-4H2,1H3;/q-1;/t5-,6?;/m1./s1. The van der Waals surface area contributed by atoms with Gasteiger partial charge in [-0.25, -0.2) is 0 Å². The number of aliphatic hydroxyl groups is 2. The first-order valence-corrected chi connectivity index (χ1v) is 2.86. The Morgan fingerprint density at radius 3 is 2.00 bits per heavy atom. The van der Waals surface area contributed by atoms with E-state index in [0.29, 0.717) is 12.8 Å². The Balaban J connectivity index is 0. The molecular weight excluding hydrogens is 193 g/mol. The van der Waals surface area contributed by atoms with Crippen LogP contribution in [0.4, 0.5) is 0 Å². The molecule has 0 aromatic carbocycles. The predicted molar refractivity (Wildman–Crippen MR) is 32.3 cm³/mol. The zero-order valence-electron chi connectivity index (χ0n) is 5.75. The maximum atomic E-state index is 8.83. The summed E-state index contributed by atoms with van der Waals surface area (Å²) in [5.41, 5.74) is 0. The Kier molecular flexibility index (Phi) is 10.1. The van der Waals surface area contributed by atoms with Gasteiger partial charge in [-0.1, -0.05) is 13.0 Å². The van der Waals surface area contributed by atoms with E-state index in [2.05, 4.69) is 6.92 Å². The van der Waals surface area contributed by atoms with Gasteiger partial charge in [0.1, 0.15) is 0 Å². The first kappa shape index (κ1) is 12.7. The van der Waals surface area contributed by atoms with Crippen LogP contribution in [0.5, 0.6) is 0 Å². The summed E-state index contributed by atoms with van der Waals surface area (Å²) in [6, 6.07) is 0. The van der Waals surface area contributed by atoms with Crippen molar-refractivity contribution in [3.8, 4) is 0 Å². The predicted octanol–water partition coefficient (Wildman–Crippen LogP) is 0.340. The minimum Gasteiger partial charge on any atom is -0.425 e. The Hall–Kier alpha value is 1.02. The number of hydrogen-bond donors (Lipinski definition) is 2. The fourth-order valence-corrected chi connectivity index (χ4v) is 0.481. The van der Waals surface area contributed by atoms with Gasteiger partial charge < -0.3 is 17.1 Å². The second kappa shape index (κ2) is 7.13. The Morgan fingerprint density at radius 1 is 1.44 bits per heavy atom. The summed E-state index contributed by atoms with van der Waals surface area (Å²) in [5, 5.41) is 17.4. The molecule has 0 amide bonds. The van der Waals surface area contributed by atoms with Gasteiger partial charge in [0.15, 0.2) is 0 Å². The van der Waals surface area contributed by atoms with E-state index in [-0.39, 0.29) is 38.8 Å². The molecular formula is C6H13O2Y-. The first-order valence-electron chi connectivity index (χ1n) is 2.86. The van der Waals surface area contributed by atoms with E-state index in [4.69, 9.17) is 10.2 Å². The Labute approximate surface area is 81.5 Å². The molecule has 2 atom stereocenters. The summed E-state index contributed by atoms with van der Waals surface area (Å²) in [7, 11) is 0. The molecule has 1 unspecified atom stereocenters. The van der Waals surface area contributed by atoms with Crippen LogP contribution in [0.2, 0.25) is 0 Å². The maximum Gasteiger partial charge on any atom is 0.0536 e. The van der Waals surface area contributed by atoms with Crippen LogP contribution in [0, 0.1) is 6.92 Å². The van der Waals surface area contributed by atoms with Gasteiger partial charge in [0.05, 0.1) is 6.10 Å². The van der Waals surface area contributed by atoms with Gasteiger partial charge in [0.25, 0.3) is 0 Å². The molecule has 3 heteroatoms. The molecule has 0 fully saturated rings. The topological polar surface area (TPSA) is 40.5 Å². The molecule has 53 valence electrons. The molecule has 0 bridgehead atoms. The minimum absolute atomic E-state index is 0. The maximum absolute atomic E-state index is 8.83. The summed E-state index contributed by atoms with van der Waals surface area (Å²) in [6.07, 6.45) is 0.0655. The van der Waals surface area contributed by atoms with Crippen LogP contribution in [0.25, 0.3) is 0 Å². The van der Waals surface area contributed by atoms with Crippen molar-refractivity contribution in [2.45, 2.75) is 32.0 Å². The molecule has 0 rings (SSSR count). The zero-order chi connectivity index (χ0) is 6.57. The summed E-state index contributed by atoms with van der Waals surface area (Å²) in [4.78, 5) is 0. The quantitative estimate of drug-likeness (QED) is 0.653. The number of aliphatic hydroxyl groups excluding tert-OH is 2. The fraction of sp³-hybridized carbons (Fsp3) is 0.833. The average molecular weight is 206 g/mol. The van der Waals surface area contributed by atoms with Crippen molar-refractivity contribution in [3.63, 3.8) is 0 Å². The van der Waals surface area contributed by atoms with E-state index in [1.165, 1.54) is 0 Å². The van der Waals surface area contributed by atoms with Crippen molar-refractivity contribution in [2.24, 2.45) is 0 Å². The fourth-order valence-electron chi connectivity index (χ4n) is 0.481. The smallest absolute Gasteiger partial charge is 0.0536 e. The Morgan fingerprint density at radius 2 is 1.89 bits per heavy atom. The second-order valence-electron chi connectivity index (χ2n) is 1.95. The molecule has 0 aliphatic carbocycles. The van der Waals surface area contributed by atoms with Crippen molar-refractivity contribution in [1.82, 2.24) is 0 Å². The van der Waals surface area contributed by atoms with E-state index >= 15 is 0 Å². The van der Waals surface area contributed by atoms with Gasteiger partial charge in [-0.15, -0.1) is 0 Å². The van der Waals surface area contributed by atoms with E-state index in [1.54, 1.807) is 0 Å². The molecule has 1 radical (unpaired) electrons. The van der Waals surface area contributed by atoms with Gasteiger partial charge in [-0.2, -0.15) is 0 Å². The third-order valence-corrected chi connectivity index (χ3v) is 1.02. The Bertz CT molecular complexity index is 57.0. The van der Waals surface area contributed by atoms with Crippen LogP contribution in [-0.2, 0) is 32.7 Å². The van der Waals surface area contributed by atoms with Gasteiger partial charge >= 0.3 is 0 Å². The molecule has 0 aliphatic rings. The van der Waals surface area contributed by atoms with Gasteiger partial charge in [-0.05, 0) is 12.8 Å². The van der Waals surface area contributed by atoms with Crippen molar-refractivity contribution in [3.05, 3.63) is 6.92 Å². The van der Waals surface area contributed by atoms with Crippen molar-refractivity contribution in [1.29, 1.82) is 0 Å². The molecule has 2 nitrogen and oxygen atoms in total. The van der Waals surface area contributed by atoms with Crippen molar-refractivity contribution in [2.75, 3.05) is 0 Å². The van der Waals surface area contributed by atoms with Crippen LogP contribution in [-0.4, -0.2) is 22.4 Å². The van der Waals surface area contributed by atoms with Gasteiger partial charge in [0.2, 0.25) is 0 Å². The summed E-state index contributed by atoms with van der Waals surface area (Å²) in [6.45, 7) is 5.19. The third-order valence-electron chi connectivity index (χ3n) is 1.02. The van der Waals surface area contributed by atoms with Crippen LogP contribution in [0.3, 0.4) is 0 Å². The van der Waals surface area contributed by atoms with Crippen molar-refractivity contribution < 1.29 is 42.9 Å². The minimum atomic E-state index is -0.620. The second-order valence-corrected chi connectivity index (χ2v) is 1.95. The molecule has 9 heavy (non-hydrogen) atoms. The molecule has 0 saturated carbocycles. The molecule has 0 saturated heterocycles. The SMILES string of the molecule is [CH2-][C@@H](O)CC(O)CC.[Y]. The van der Waals surface area contributed by atoms with E-state index in [9.17, 15) is 0 Å². The summed E-state index contributed by atoms with van der Waals surface area (Å²) < 4.78 is 0. The van der Waals surface area contributed by atoms with Crippen LogP contribution in [0.15, 0.2) is 0 Å². The molecule has 2 N–H and O–H groups in total. The largest absolute Gasteiger partial charge is 0.425 e. The monoisotopic (exact) mass is 206 g/mol. The first-order chi connectivity index (χ1) is 3.66. The average Bonchev–Trinajstić information content (AvgIpc) is 1.65. The summed E-state index contributed by atoms with van der Waals surface area (Å²) >= 11 is 0. The van der Waals surface area contributed by atoms with Gasteiger partial charge in [0, 0.05) is 32.7 Å². The zero-order valence-corrected chi connectivity index (χ0v) is 8.59. The number of hydrogen-bond acceptors (Lipinski definition) is 2. The van der Waals surface area contributed by atoms with Crippen LogP contribution >= 0.6 is 0 Å². The van der Waals surface area contributed by atoms with Crippen molar-refractivity contribution >= 4 is 0 Å². The molecule has 0 aromatic heterocycles. The molecule has 0 aromatic rings. The summed E-state index contributed by atoms with van der Waals surface area (Å²) in [5.74, 6) is 0. The third kappa shape index (κ3) is 9.02. The van der Waals surface area contributed by atoms with E-state index in [1.807, 2.05) is 6.92 Å². The van der Waals surface area contributed by atoms with E-state index in [0.717, 1.165) is 0 Å². The van der Waals surface area contributed by atoms with E-state index < -0.39 is 6.10 Å².